The Kier molecular flexibility index (Phi) is 5.96. The van der Waals surface area contributed by atoms with Crippen molar-refractivity contribution in [1.82, 2.24) is 15.5 Å². The van der Waals surface area contributed by atoms with E-state index in [0.717, 1.165) is 56.9 Å². The fourth-order valence-electron chi connectivity index (χ4n) is 3.94. The van der Waals surface area contributed by atoms with Crippen LogP contribution in [0.3, 0.4) is 0 Å². The number of hydrogen-bond acceptors (Lipinski definition) is 3. The summed E-state index contributed by atoms with van der Waals surface area (Å²) >= 11 is 0. The van der Waals surface area contributed by atoms with E-state index in [4.69, 9.17) is 0 Å². The molecule has 3 rings (SSSR count). The zero-order valence-corrected chi connectivity index (χ0v) is 15.1. The highest BCUT2D eigenvalue weighted by molar-refractivity contribution is 7.85. The summed E-state index contributed by atoms with van der Waals surface area (Å²) in [4.78, 5) is 14.7. The first-order valence-corrected chi connectivity index (χ1v) is 10.7. The molecule has 0 aromatic heterocycles. The molecule has 3 aliphatic rings. The molecule has 0 aromatic carbocycles. The van der Waals surface area contributed by atoms with Gasteiger partial charge in [0.2, 0.25) is 0 Å². The van der Waals surface area contributed by atoms with E-state index in [0.29, 0.717) is 0 Å². The minimum absolute atomic E-state index is 0.0313. The molecule has 0 aromatic rings. The fourth-order valence-corrected chi connectivity index (χ4v) is 5.29. The van der Waals surface area contributed by atoms with E-state index < -0.39 is 10.8 Å². The van der Waals surface area contributed by atoms with Crippen molar-refractivity contribution in [3.8, 4) is 0 Å². The second-order valence-electron chi connectivity index (χ2n) is 7.46. The number of urea groups is 1. The van der Waals surface area contributed by atoms with Crippen molar-refractivity contribution < 1.29 is 9.00 Å². The van der Waals surface area contributed by atoms with Crippen molar-refractivity contribution in [2.75, 3.05) is 25.4 Å². The lowest BCUT2D eigenvalue weighted by molar-refractivity contribution is 0.228. The summed E-state index contributed by atoms with van der Waals surface area (Å²) in [6.45, 7) is 5.31. The third-order valence-corrected chi connectivity index (χ3v) is 7.18. The lowest BCUT2D eigenvalue weighted by Gasteiger charge is -2.29. The Morgan fingerprint density at radius 1 is 1.13 bits per heavy atom. The molecular weight excluding hydrogens is 310 g/mol. The normalized spacial score (nSPS) is 33.3. The molecule has 0 radical (unpaired) electrons. The van der Waals surface area contributed by atoms with Crippen molar-refractivity contribution in [2.24, 2.45) is 5.92 Å². The number of rotatable bonds is 6. The molecule has 2 saturated carbocycles. The maximum Gasteiger partial charge on any atom is 0.315 e. The van der Waals surface area contributed by atoms with Gasteiger partial charge in [0.25, 0.3) is 0 Å². The standard InChI is InChI=1S/C17H31N3O2S/c1-2-23(22)16-5-3-4-14(10-16)18-17(21)19-15-8-9-20(12-15)11-13-6-7-13/h13-16H,2-12H2,1H3,(H2,18,19,21)/t14-,15-,16+,23-/m0/s1. The van der Waals surface area contributed by atoms with Crippen molar-refractivity contribution in [3.63, 3.8) is 0 Å². The first-order valence-electron chi connectivity index (χ1n) is 9.30. The Morgan fingerprint density at radius 2 is 1.91 bits per heavy atom. The first-order chi connectivity index (χ1) is 11.1. The van der Waals surface area contributed by atoms with E-state index in [1.807, 2.05) is 6.92 Å². The molecule has 1 heterocycles. The zero-order valence-electron chi connectivity index (χ0n) is 14.3. The van der Waals surface area contributed by atoms with Crippen molar-refractivity contribution in [2.45, 2.75) is 69.2 Å². The van der Waals surface area contributed by atoms with Gasteiger partial charge in [0.1, 0.15) is 0 Å². The predicted octanol–water partition coefficient (Wildman–Crippen LogP) is 1.85. The summed E-state index contributed by atoms with van der Waals surface area (Å²) in [5.74, 6) is 1.64. The molecule has 4 atom stereocenters. The Bertz CT molecular complexity index is 442. The number of nitrogens with one attached hydrogen (secondary N) is 2. The molecule has 2 amide bonds. The van der Waals surface area contributed by atoms with Gasteiger partial charge in [0.15, 0.2) is 0 Å². The molecule has 6 heteroatoms. The van der Waals surface area contributed by atoms with Gasteiger partial charge in [-0.15, -0.1) is 0 Å². The smallest absolute Gasteiger partial charge is 0.315 e. The summed E-state index contributed by atoms with van der Waals surface area (Å²) in [5, 5.41) is 6.52. The number of hydrogen-bond donors (Lipinski definition) is 2. The van der Waals surface area contributed by atoms with Gasteiger partial charge in [-0.25, -0.2) is 4.79 Å². The number of carbonyl (C=O) groups excluding carboxylic acids is 1. The van der Waals surface area contributed by atoms with Crippen LogP contribution in [-0.2, 0) is 10.8 Å². The van der Waals surface area contributed by atoms with Crippen molar-refractivity contribution >= 4 is 16.8 Å². The van der Waals surface area contributed by atoms with Crippen molar-refractivity contribution in [1.29, 1.82) is 0 Å². The average molecular weight is 342 g/mol. The maximum absolute atomic E-state index is 12.2. The van der Waals surface area contributed by atoms with Gasteiger partial charge in [-0.2, -0.15) is 0 Å². The number of likely N-dealkylation sites (tertiary alicyclic amines) is 1. The van der Waals surface area contributed by atoms with E-state index in [1.165, 1.54) is 19.4 Å². The van der Waals surface area contributed by atoms with Crippen LogP contribution in [0.5, 0.6) is 0 Å². The Labute approximate surface area is 142 Å². The average Bonchev–Trinajstić information content (AvgIpc) is 3.25. The molecule has 0 spiro atoms. The molecule has 3 fully saturated rings. The lowest BCUT2D eigenvalue weighted by Crippen LogP contribution is -2.49. The molecule has 23 heavy (non-hydrogen) atoms. The molecule has 132 valence electrons. The highest BCUT2D eigenvalue weighted by Crippen LogP contribution is 2.30. The summed E-state index contributed by atoms with van der Waals surface area (Å²) in [6, 6.07) is 0.447. The molecule has 1 saturated heterocycles. The van der Waals surface area contributed by atoms with Gasteiger partial charge in [-0.3, -0.25) is 4.21 Å². The monoisotopic (exact) mass is 341 g/mol. The number of carbonyl (C=O) groups is 1. The van der Waals surface area contributed by atoms with E-state index in [9.17, 15) is 9.00 Å². The zero-order chi connectivity index (χ0) is 16.2. The van der Waals surface area contributed by atoms with Crippen LogP contribution in [0.25, 0.3) is 0 Å². The third kappa shape index (κ3) is 5.18. The van der Waals surface area contributed by atoms with Crippen LogP contribution in [0.1, 0.15) is 51.9 Å². The fraction of sp³-hybridized carbons (Fsp3) is 0.941. The van der Waals surface area contributed by atoms with Crippen LogP contribution in [0.2, 0.25) is 0 Å². The van der Waals surface area contributed by atoms with Gasteiger partial charge in [0, 0.05) is 53.5 Å². The summed E-state index contributed by atoms with van der Waals surface area (Å²) in [7, 11) is -0.736. The number of nitrogens with zero attached hydrogens (tertiary/aromatic N) is 1. The number of amides is 2. The highest BCUT2D eigenvalue weighted by atomic mass is 32.2. The molecule has 1 aliphatic heterocycles. The van der Waals surface area contributed by atoms with Crippen LogP contribution < -0.4 is 10.6 Å². The topological polar surface area (TPSA) is 61.4 Å². The quantitative estimate of drug-likeness (QED) is 0.775. The molecule has 2 aliphatic carbocycles. The second kappa shape index (κ2) is 7.97. The van der Waals surface area contributed by atoms with Gasteiger partial charge < -0.3 is 15.5 Å². The van der Waals surface area contributed by atoms with Crippen LogP contribution in [0, 0.1) is 5.92 Å². The van der Waals surface area contributed by atoms with Crippen LogP contribution in [0.4, 0.5) is 4.79 Å². The van der Waals surface area contributed by atoms with E-state index in [2.05, 4.69) is 15.5 Å². The minimum atomic E-state index is -0.736. The van der Waals surface area contributed by atoms with Gasteiger partial charge in [-0.05, 0) is 44.4 Å². The van der Waals surface area contributed by atoms with E-state index in [1.54, 1.807) is 0 Å². The highest BCUT2D eigenvalue weighted by Gasteiger charge is 2.31. The molecule has 0 bridgehead atoms. The third-order valence-electron chi connectivity index (χ3n) is 5.44. The molecule has 5 nitrogen and oxygen atoms in total. The largest absolute Gasteiger partial charge is 0.335 e. The van der Waals surface area contributed by atoms with Crippen LogP contribution >= 0.6 is 0 Å². The Balaban J connectivity index is 1.38. The lowest BCUT2D eigenvalue weighted by atomic mass is 9.95. The SMILES string of the molecule is CC[S@](=O)[C@@H]1CCC[C@H](NC(=O)N[C@H]2CCN(CC3CC3)C2)C1. The summed E-state index contributed by atoms with van der Waals surface area (Å²) in [5.41, 5.74) is 0. The second-order valence-corrected chi connectivity index (χ2v) is 9.47. The predicted molar refractivity (Wildman–Crippen MR) is 94.0 cm³/mol. The molecule has 0 unspecified atom stereocenters. The van der Waals surface area contributed by atoms with Crippen LogP contribution in [-0.4, -0.2) is 57.9 Å². The van der Waals surface area contributed by atoms with E-state index in [-0.39, 0.29) is 23.4 Å². The molecular formula is C17H31N3O2S. The minimum Gasteiger partial charge on any atom is -0.335 e. The van der Waals surface area contributed by atoms with Crippen LogP contribution in [0.15, 0.2) is 0 Å². The van der Waals surface area contributed by atoms with Crippen molar-refractivity contribution in [3.05, 3.63) is 0 Å². The Morgan fingerprint density at radius 3 is 2.65 bits per heavy atom. The maximum atomic E-state index is 12.2. The summed E-state index contributed by atoms with van der Waals surface area (Å²) < 4.78 is 12.0. The van der Waals surface area contributed by atoms with Gasteiger partial charge in [0.05, 0.1) is 0 Å². The van der Waals surface area contributed by atoms with E-state index >= 15 is 0 Å². The van der Waals surface area contributed by atoms with Gasteiger partial charge >= 0.3 is 6.03 Å². The molecule has 2 N–H and O–H groups in total. The Hall–Kier alpha value is -0.620. The first kappa shape index (κ1) is 17.2. The summed E-state index contributed by atoms with van der Waals surface area (Å²) in [6.07, 6.45) is 7.83. The van der Waals surface area contributed by atoms with Gasteiger partial charge in [-0.1, -0.05) is 13.3 Å².